The zero-order valence-corrected chi connectivity index (χ0v) is 12.0. The van der Waals surface area contributed by atoms with E-state index in [1.54, 1.807) is 11.3 Å². The molecule has 0 spiro atoms. The van der Waals surface area contributed by atoms with Crippen LogP contribution in [0.15, 0.2) is 17.5 Å². The van der Waals surface area contributed by atoms with Gasteiger partial charge in [0.05, 0.1) is 4.88 Å². The Morgan fingerprint density at radius 1 is 1.50 bits per heavy atom. The second-order valence-corrected chi connectivity index (χ2v) is 6.14. The van der Waals surface area contributed by atoms with E-state index in [1.165, 1.54) is 25.8 Å². The Hall–Kier alpha value is -0.670. The van der Waals surface area contributed by atoms with E-state index in [-0.39, 0.29) is 0 Å². The van der Waals surface area contributed by atoms with Crippen molar-refractivity contribution in [2.45, 2.75) is 39.0 Å². The lowest BCUT2D eigenvalue weighted by Crippen LogP contribution is -2.33. The fourth-order valence-corrected chi connectivity index (χ4v) is 3.14. The maximum Gasteiger partial charge on any atom is 0.172 e. The van der Waals surface area contributed by atoms with Gasteiger partial charge in [0.15, 0.2) is 5.78 Å². The molecular weight excluding hydrogens is 242 g/mol. The van der Waals surface area contributed by atoms with Crippen LogP contribution in [0, 0.1) is 5.92 Å². The first kappa shape index (κ1) is 13.8. The Labute approximate surface area is 114 Å². The van der Waals surface area contributed by atoms with Crippen molar-refractivity contribution in [2.75, 3.05) is 19.6 Å². The lowest BCUT2D eigenvalue weighted by molar-refractivity contribution is 0.0975. The minimum absolute atomic E-state index is 0.310. The van der Waals surface area contributed by atoms with Gasteiger partial charge in [0.2, 0.25) is 0 Å². The predicted molar refractivity (Wildman–Crippen MR) is 77.3 cm³/mol. The first-order valence-corrected chi connectivity index (χ1v) is 7.96. The van der Waals surface area contributed by atoms with Gasteiger partial charge in [-0.25, -0.2) is 0 Å². The van der Waals surface area contributed by atoms with Gasteiger partial charge in [0.25, 0.3) is 0 Å². The van der Waals surface area contributed by atoms with Crippen LogP contribution in [0.1, 0.15) is 48.7 Å². The third kappa shape index (κ3) is 3.92. The maximum atomic E-state index is 11.9. The van der Waals surface area contributed by atoms with Crippen LogP contribution in [0.25, 0.3) is 0 Å². The molecule has 0 unspecified atom stereocenters. The summed E-state index contributed by atoms with van der Waals surface area (Å²) in [7, 11) is 0. The summed E-state index contributed by atoms with van der Waals surface area (Å²) in [5.74, 6) is 1.24. The number of ketones is 1. The third-order valence-electron chi connectivity index (χ3n) is 3.86. The first-order chi connectivity index (χ1) is 8.79. The highest BCUT2D eigenvalue weighted by molar-refractivity contribution is 7.12. The summed E-state index contributed by atoms with van der Waals surface area (Å²) < 4.78 is 0. The molecule has 0 aromatic carbocycles. The highest BCUT2D eigenvalue weighted by Crippen LogP contribution is 2.27. The first-order valence-electron chi connectivity index (χ1n) is 7.08. The standard InChI is InChI=1S/C15H23NOS/c1-2-16(12-13-6-3-7-13)10-4-8-14(17)15-9-5-11-18-15/h5,9,11,13H,2-4,6-8,10,12H2,1H3. The van der Waals surface area contributed by atoms with E-state index in [9.17, 15) is 4.79 Å². The lowest BCUT2D eigenvalue weighted by atomic mass is 9.85. The third-order valence-corrected chi connectivity index (χ3v) is 4.77. The molecule has 18 heavy (non-hydrogen) atoms. The summed E-state index contributed by atoms with van der Waals surface area (Å²) in [6.07, 6.45) is 5.92. The highest BCUT2D eigenvalue weighted by Gasteiger charge is 2.19. The average Bonchev–Trinajstić information content (AvgIpc) is 2.84. The number of carbonyl (C=O) groups excluding carboxylic acids is 1. The number of Topliss-reactive ketones (excluding diaryl/α,β-unsaturated/α-hetero) is 1. The summed E-state index contributed by atoms with van der Waals surface area (Å²) >= 11 is 1.56. The van der Waals surface area contributed by atoms with Gasteiger partial charge in [0.1, 0.15) is 0 Å². The fraction of sp³-hybridized carbons (Fsp3) is 0.667. The second-order valence-electron chi connectivity index (χ2n) is 5.19. The van der Waals surface area contributed by atoms with Gasteiger partial charge in [-0.1, -0.05) is 19.4 Å². The van der Waals surface area contributed by atoms with Crippen LogP contribution in [0.5, 0.6) is 0 Å². The topological polar surface area (TPSA) is 20.3 Å². The Kier molecular flexibility index (Phi) is 5.39. The largest absolute Gasteiger partial charge is 0.303 e. The van der Waals surface area contributed by atoms with Gasteiger partial charge in [-0.2, -0.15) is 0 Å². The van der Waals surface area contributed by atoms with Crippen LogP contribution in [0.3, 0.4) is 0 Å². The number of carbonyl (C=O) groups is 1. The Bertz CT molecular complexity index is 357. The molecule has 0 bridgehead atoms. The number of nitrogens with zero attached hydrogens (tertiary/aromatic N) is 1. The van der Waals surface area contributed by atoms with Crippen molar-refractivity contribution in [3.05, 3.63) is 22.4 Å². The van der Waals surface area contributed by atoms with Crippen LogP contribution in [0.4, 0.5) is 0 Å². The maximum absolute atomic E-state index is 11.9. The van der Waals surface area contributed by atoms with Gasteiger partial charge in [-0.15, -0.1) is 11.3 Å². The molecule has 0 radical (unpaired) electrons. The van der Waals surface area contributed by atoms with Crippen LogP contribution >= 0.6 is 11.3 Å². The molecule has 100 valence electrons. The Balaban J connectivity index is 1.65. The molecule has 1 aromatic heterocycles. The van der Waals surface area contributed by atoms with Gasteiger partial charge >= 0.3 is 0 Å². The predicted octanol–water partition coefficient (Wildman–Crippen LogP) is 3.83. The van der Waals surface area contributed by atoms with E-state index in [0.717, 1.165) is 30.3 Å². The molecular formula is C15H23NOS. The molecule has 1 fully saturated rings. The molecule has 0 N–H and O–H groups in total. The van der Waals surface area contributed by atoms with Crippen molar-refractivity contribution in [3.8, 4) is 0 Å². The monoisotopic (exact) mass is 265 g/mol. The highest BCUT2D eigenvalue weighted by atomic mass is 32.1. The molecule has 2 rings (SSSR count). The molecule has 1 aliphatic carbocycles. The summed E-state index contributed by atoms with van der Waals surface area (Å²) in [4.78, 5) is 15.3. The smallest absolute Gasteiger partial charge is 0.172 e. The second kappa shape index (κ2) is 7.05. The van der Waals surface area contributed by atoms with Gasteiger partial charge in [0, 0.05) is 13.0 Å². The Morgan fingerprint density at radius 3 is 2.89 bits per heavy atom. The molecule has 1 aromatic rings. The van der Waals surface area contributed by atoms with Crippen molar-refractivity contribution in [3.63, 3.8) is 0 Å². The average molecular weight is 265 g/mol. The van der Waals surface area contributed by atoms with Crippen molar-refractivity contribution in [1.82, 2.24) is 4.90 Å². The lowest BCUT2D eigenvalue weighted by Gasteiger charge is -2.31. The molecule has 0 aliphatic heterocycles. The minimum atomic E-state index is 0.310. The molecule has 1 heterocycles. The van der Waals surface area contributed by atoms with Crippen LogP contribution in [-0.2, 0) is 0 Å². The summed E-state index contributed by atoms with van der Waals surface area (Å²) in [5, 5.41) is 1.97. The molecule has 1 aliphatic rings. The van der Waals surface area contributed by atoms with Gasteiger partial charge in [-0.05, 0) is 49.7 Å². The van der Waals surface area contributed by atoms with E-state index in [2.05, 4.69) is 11.8 Å². The van der Waals surface area contributed by atoms with Gasteiger partial charge < -0.3 is 4.90 Å². The molecule has 3 heteroatoms. The van der Waals surface area contributed by atoms with Crippen LogP contribution < -0.4 is 0 Å². The molecule has 0 amide bonds. The molecule has 2 nitrogen and oxygen atoms in total. The summed E-state index contributed by atoms with van der Waals surface area (Å²) in [6.45, 7) is 5.65. The van der Waals surface area contributed by atoms with Crippen molar-refractivity contribution < 1.29 is 4.79 Å². The van der Waals surface area contributed by atoms with E-state index in [0.29, 0.717) is 12.2 Å². The van der Waals surface area contributed by atoms with Crippen molar-refractivity contribution in [2.24, 2.45) is 5.92 Å². The molecule has 1 saturated carbocycles. The Morgan fingerprint density at radius 2 is 2.33 bits per heavy atom. The zero-order valence-electron chi connectivity index (χ0n) is 11.2. The summed E-state index contributed by atoms with van der Waals surface area (Å²) in [6, 6.07) is 3.88. The van der Waals surface area contributed by atoms with E-state index < -0.39 is 0 Å². The molecule has 0 saturated heterocycles. The number of thiophene rings is 1. The van der Waals surface area contributed by atoms with Crippen LogP contribution in [-0.4, -0.2) is 30.3 Å². The van der Waals surface area contributed by atoms with Gasteiger partial charge in [-0.3, -0.25) is 4.79 Å². The summed E-state index contributed by atoms with van der Waals surface area (Å²) in [5.41, 5.74) is 0. The van der Waals surface area contributed by atoms with Crippen LogP contribution in [0.2, 0.25) is 0 Å². The minimum Gasteiger partial charge on any atom is -0.303 e. The zero-order chi connectivity index (χ0) is 12.8. The van der Waals surface area contributed by atoms with E-state index >= 15 is 0 Å². The fourth-order valence-electron chi connectivity index (χ4n) is 2.44. The quantitative estimate of drug-likeness (QED) is 0.666. The number of hydrogen-bond acceptors (Lipinski definition) is 3. The molecule has 0 atom stereocenters. The van der Waals surface area contributed by atoms with E-state index in [1.807, 2.05) is 17.5 Å². The van der Waals surface area contributed by atoms with Crippen molar-refractivity contribution in [1.29, 1.82) is 0 Å². The SMILES string of the molecule is CCN(CCCC(=O)c1cccs1)CC1CCC1. The number of rotatable bonds is 8. The van der Waals surface area contributed by atoms with E-state index in [4.69, 9.17) is 0 Å². The normalized spacial score (nSPS) is 15.9. The van der Waals surface area contributed by atoms with Crippen molar-refractivity contribution >= 4 is 17.1 Å². The number of hydrogen-bond donors (Lipinski definition) is 0.